The van der Waals surface area contributed by atoms with Crippen molar-refractivity contribution in [2.24, 2.45) is 0 Å². The van der Waals surface area contributed by atoms with Gasteiger partial charge in [0.2, 0.25) is 0 Å². The van der Waals surface area contributed by atoms with Crippen molar-refractivity contribution >= 4 is 11.9 Å². The molecule has 27 heavy (non-hydrogen) atoms. The van der Waals surface area contributed by atoms with Gasteiger partial charge >= 0.3 is 11.9 Å². The number of hydrogen-bond acceptors (Lipinski definition) is 5. The lowest BCUT2D eigenvalue weighted by Gasteiger charge is -2.22. The number of carbonyl (C=O) groups is 2. The topological polar surface area (TPSA) is 110 Å². The van der Waals surface area contributed by atoms with Crippen molar-refractivity contribution in [1.82, 2.24) is 4.98 Å². The number of furan rings is 1. The summed E-state index contributed by atoms with van der Waals surface area (Å²) in [5.41, 5.74) is 1.53. The molecule has 0 radical (unpaired) electrons. The molecule has 0 saturated carbocycles. The van der Waals surface area contributed by atoms with Crippen LogP contribution in [0.1, 0.15) is 39.7 Å². The van der Waals surface area contributed by atoms with Crippen LogP contribution < -0.4 is 10.3 Å². The average Bonchev–Trinajstić information content (AvgIpc) is 3.10. The van der Waals surface area contributed by atoms with Gasteiger partial charge in [-0.2, -0.15) is 0 Å². The lowest BCUT2D eigenvalue weighted by atomic mass is 9.91. The molecule has 0 unspecified atom stereocenters. The third kappa shape index (κ3) is 3.03. The number of esters is 1. The number of aryl methyl sites for hydroxylation is 1. The third-order valence-corrected chi connectivity index (χ3v) is 4.50. The van der Waals surface area contributed by atoms with Crippen LogP contribution in [-0.2, 0) is 4.79 Å². The maximum absolute atomic E-state index is 12.4. The van der Waals surface area contributed by atoms with Gasteiger partial charge in [-0.25, -0.2) is 4.79 Å². The predicted molar refractivity (Wildman–Crippen MR) is 95.0 cm³/mol. The highest BCUT2D eigenvalue weighted by molar-refractivity contribution is 5.88. The molecule has 2 aromatic heterocycles. The molecule has 0 saturated heterocycles. The minimum Gasteiger partial charge on any atom is -0.478 e. The Morgan fingerprint density at radius 3 is 2.59 bits per heavy atom. The van der Waals surface area contributed by atoms with E-state index in [2.05, 4.69) is 4.98 Å². The highest BCUT2D eigenvalue weighted by Crippen LogP contribution is 2.38. The molecule has 1 atom stereocenters. The number of benzene rings is 1. The number of carboxylic acid groups (broad SMARTS) is 1. The van der Waals surface area contributed by atoms with Gasteiger partial charge in [0, 0.05) is 17.3 Å². The number of aromatic nitrogens is 1. The molecule has 0 bridgehead atoms. The van der Waals surface area contributed by atoms with Gasteiger partial charge in [-0.15, -0.1) is 0 Å². The number of carbonyl (C=O) groups excluding carboxylic acids is 1. The number of rotatable bonds is 3. The Hall–Kier alpha value is -3.61. The Labute approximate surface area is 153 Å². The fourth-order valence-electron chi connectivity index (χ4n) is 3.23. The summed E-state index contributed by atoms with van der Waals surface area (Å²) in [5, 5.41) is 8.98. The average molecular weight is 365 g/mol. The van der Waals surface area contributed by atoms with E-state index in [-0.39, 0.29) is 23.3 Å². The number of ether oxygens (including phenoxy) is 1. The Balaban J connectivity index is 1.73. The monoisotopic (exact) mass is 365 g/mol. The maximum atomic E-state index is 12.4. The van der Waals surface area contributed by atoms with Crippen molar-refractivity contribution in [2.75, 3.05) is 0 Å². The number of hydrogen-bond donors (Lipinski definition) is 2. The summed E-state index contributed by atoms with van der Waals surface area (Å²) in [5.74, 6) is -0.737. The zero-order valence-electron chi connectivity index (χ0n) is 14.3. The van der Waals surface area contributed by atoms with Crippen LogP contribution in [0.2, 0.25) is 0 Å². The van der Waals surface area contributed by atoms with E-state index >= 15 is 0 Å². The van der Waals surface area contributed by atoms with Gasteiger partial charge in [-0.3, -0.25) is 9.59 Å². The number of fused-ring (bicyclic) bond motifs is 1. The van der Waals surface area contributed by atoms with Gasteiger partial charge in [0.1, 0.15) is 17.3 Å². The quantitative estimate of drug-likeness (QED) is 0.690. The van der Waals surface area contributed by atoms with Crippen LogP contribution in [0.4, 0.5) is 0 Å². The Morgan fingerprint density at radius 1 is 1.15 bits per heavy atom. The molecule has 7 heteroatoms. The highest BCUT2D eigenvalue weighted by atomic mass is 16.5. The van der Waals surface area contributed by atoms with E-state index in [1.807, 2.05) is 0 Å². The van der Waals surface area contributed by atoms with Crippen LogP contribution >= 0.6 is 0 Å². The first-order chi connectivity index (χ1) is 12.9. The van der Waals surface area contributed by atoms with Gasteiger partial charge in [0.15, 0.2) is 0 Å². The number of aromatic carboxylic acids is 1. The number of nitrogens with one attached hydrogen (secondary N) is 1. The van der Waals surface area contributed by atoms with Crippen LogP contribution in [0.3, 0.4) is 0 Å². The van der Waals surface area contributed by atoms with Crippen molar-refractivity contribution in [2.45, 2.75) is 19.3 Å². The predicted octanol–water partition coefficient (Wildman–Crippen LogP) is 3.08. The Kier molecular flexibility index (Phi) is 3.92. The molecule has 3 heterocycles. The van der Waals surface area contributed by atoms with E-state index in [4.69, 9.17) is 14.3 Å². The molecule has 3 aromatic rings. The minimum atomic E-state index is -1.01. The third-order valence-electron chi connectivity index (χ3n) is 4.50. The first-order valence-corrected chi connectivity index (χ1v) is 8.30. The fraction of sp³-hybridized carbons (Fsp3) is 0.150. The lowest BCUT2D eigenvalue weighted by molar-refractivity contribution is -0.135. The number of H-pyrrole nitrogens is 1. The molecule has 136 valence electrons. The fourth-order valence-corrected chi connectivity index (χ4v) is 3.23. The normalized spacial score (nSPS) is 15.9. The number of pyridine rings is 1. The molecule has 1 aliphatic rings. The molecule has 1 aliphatic heterocycles. The van der Waals surface area contributed by atoms with E-state index in [0.29, 0.717) is 28.3 Å². The minimum absolute atomic E-state index is 0.00401. The van der Waals surface area contributed by atoms with Crippen LogP contribution in [0.5, 0.6) is 5.75 Å². The number of carboxylic acids is 1. The summed E-state index contributed by atoms with van der Waals surface area (Å²) in [7, 11) is 0. The second kappa shape index (κ2) is 6.28. The van der Waals surface area contributed by atoms with Crippen molar-refractivity contribution < 1.29 is 23.8 Å². The lowest BCUT2D eigenvalue weighted by Crippen LogP contribution is -2.28. The highest BCUT2D eigenvalue weighted by Gasteiger charge is 2.33. The molecule has 7 nitrogen and oxygen atoms in total. The molecular formula is C20H15NO6. The molecule has 0 aliphatic carbocycles. The molecular weight excluding hydrogens is 350 g/mol. The second-order valence-electron chi connectivity index (χ2n) is 6.37. The Morgan fingerprint density at radius 2 is 1.89 bits per heavy atom. The molecule has 0 fully saturated rings. The molecule has 1 aromatic carbocycles. The molecule has 4 rings (SSSR count). The van der Waals surface area contributed by atoms with Crippen molar-refractivity contribution in [3.63, 3.8) is 0 Å². The Bertz CT molecular complexity index is 1110. The second-order valence-corrected chi connectivity index (χ2v) is 6.37. The number of aromatic amines is 1. The van der Waals surface area contributed by atoms with Gasteiger partial charge in [-0.05, 0) is 31.2 Å². The summed E-state index contributed by atoms with van der Waals surface area (Å²) in [6.07, 6.45) is 0.00401. The first kappa shape index (κ1) is 16.8. The van der Waals surface area contributed by atoms with Crippen LogP contribution in [0, 0.1) is 6.92 Å². The standard InChI is InChI=1S/C20H15NO6/c1-10-8-16-18(19(23)21-10)13(9-17(22)27-16)15-7-6-14(26-15)11-2-4-12(5-3-11)20(24)25/h2-8,13H,9H2,1H3,(H,21,23)(H,24,25)/t13-/m1/s1. The van der Waals surface area contributed by atoms with E-state index < -0.39 is 17.9 Å². The van der Waals surface area contributed by atoms with Crippen molar-refractivity contribution in [1.29, 1.82) is 0 Å². The van der Waals surface area contributed by atoms with E-state index in [1.165, 1.54) is 12.1 Å². The molecule has 2 N–H and O–H groups in total. The maximum Gasteiger partial charge on any atom is 0.335 e. The van der Waals surface area contributed by atoms with Crippen LogP contribution in [0.25, 0.3) is 11.3 Å². The van der Waals surface area contributed by atoms with Crippen LogP contribution in [0.15, 0.2) is 51.7 Å². The van der Waals surface area contributed by atoms with Crippen LogP contribution in [-0.4, -0.2) is 22.0 Å². The SMILES string of the molecule is Cc1cc2c(c(=O)[nH]1)[C@@H](c1ccc(-c3ccc(C(=O)O)cc3)o1)CC(=O)O2. The summed E-state index contributed by atoms with van der Waals surface area (Å²) < 4.78 is 11.1. The van der Waals surface area contributed by atoms with E-state index in [1.54, 1.807) is 37.3 Å². The summed E-state index contributed by atoms with van der Waals surface area (Å²) in [6, 6.07) is 11.3. The van der Waals surface area contributed by atoms with Gasteiger partial charge in [0.05, 0.1) is 23.5 Å². The molecule has 0 spiro atoms. The summed E-state index contributed by atoms with van der Waals surface area (Å²) in [6.45, 7) is 1.71. The first-order valence-electron chi connectivity index (χ1n) is 8.30. The van der Waals surface area contributed by atoms with Crippen molar-refractivity contribution in [3.8, 4) is 17.1 Å². The smallest absolute Gasteiger partial charge is 0.335 e. The van der Waals surface area contributed by atoms with Gasteiger partial charge in [-0.1, -0.05) is 12.1 Å². The van der Waals surface area contributed by atoms with Gasteiger partial charge < -0.3 is 19.2 Å². The zero-order valence-corrected chi connectivity index (χ0v) is 14.3. The summed E-state index contributed by atoms with van der Waals surface area (Å²) >= 11 is 0. The van der Waals surface area contributed by atoms with E-state index in [9.17, 15) is 14.4 Å². The van der Waals surface area contributed by atoms with E-state index in [0.717, 1.165) is 0 Å². The molecule has 0 amide bonds. The van der Waals surface area contributed by atoms with Gasteiger partial charge in [0.25, 0.3) is 5.56 Å². The summed E-state index contributed by atoms with van der Waals surface area (Å²) in [4.78, 5) is 38.1. The van der Waals surface area contributed by atoms with Crippen molar-refractivity contribution in [3.05, 3.63) is 75.4 Å². The zero-order chi connectivity index (χ0) is 19.1. The largest absolute Gasteiger partial charge is 0.478 e.